The molecule has 2 aliphatic rings. The molecule has 3 unspecified atom stereocenters. The molecule has 0 saturated carbocycles. The first-order valence-electron chi connectivity index (χ1n) is 7.80. The largest absolute Gasteiger partial charge is 0.478 e. The van der Waals surface area contributed by atoms with E-state index in [1.54, 1.807) is 6.07 Å². The predicted molar refractivity (Wildman–Crippen MR) is 98.9 cm³/mol. The Kier molecular flexibility index (Phi) is 3.89. The Labute approximate surface area is 153 Å². The van der Waals surface area contributed by atoms with Crippen LogP contribution in [0.1, 0.15) is 39.9 Å². The highest BCUT2D eigenvalue weighted by Crippen LogP contribution is 2.51. The van der Waals surface area contributed by atoms with Crippen LogP contribution in [-0.4, -0.2) is 11.1 Å². The van der Waals surface area contributed by atoms with E-state index in [1.165, 1.54) is 11.6 Å². The third-order valence-corrected chi connectivity index (χ3v) is 5.72. The van der Waals surface area contributed by atoms with Crippen molar-refractivity contribution in [2.45, 2.75) is 18.4 Å². The van der Waals surface area contributed by atoms with Gasteiger partial charge in [-0.25, -0.2) is 4.79 Å². The number of allylic oxidation sites excluding steroid dienone is 2. The van der Waals surface area contributed by atoms with Gasteiger partial charge in [0.1, 0.15) is 0 Å². The van der Waals surface area contributed by atoms with Gasteiger partial charge in [-0.2, -0.15) is 0 Å². The summed E-state index contributed by atoms with van der Waals surface area (Å²) in [6.45, 7) is 0. The SMILES string of the molecule is O=C(O)c1cc(Cl)c2c(c1)C1C=CCC1C(c1ccc(Br)cc1)N2. The maximum Gasteiger partial charge on any atom is 0.335 e. The van der Waals surface area contributed by atoms with Crippen LogP contribution >= 0.6 is 27.5 Å². The summed E-state index contributed by atoms with van der Waals surface area (Å²) in [6, 6.07) is 11.7. The highest BCUT2D eigenvalue weighted by molar-refractivity contribution is 9.10. The van der Waals surface area contributed by atoms with Crippen LogP contribution in [-0.2, 0) is 0 Å². The number of rotatable bonds is 2. The highest BCUT2D eigenvalue weighted by atomic mass is 79.9. The lowest BCUT2D eigenvalue weighted by molar-refractivity contribution is 0.0696. The fourth-order valence-electron chi connectivity index (χ4n) is 3.78. The van der Waals surface area contributed by atoms with Gasteiger partial charge in [-0.05, 0) is 47.7 Å². The summed E-state index contributed by atoms with van der Waals surface area (Å²) in [7, 11) is 0. The van der Waals surface area contributed by atoms with E-state index >= 15 is 0 Å². The van der Waals surface area contributed by atoms with Crippen molar-refractivity contribution < 1.29 is 9.90 Å². The number of halogens is 2. The van der Waals surface area contributed by atoms with Crippen molar-refractivity contribution >= 4 is 39.2 Å². The van der Waals surface area contributed by atoms with E-state index in [2.05, 4.69) is 45.5 Å². The topological polar surface area (TPSA) is 49.3 Å². The summed E-state index contributed by atoms with van der Waals surface area (Å²) in [4.78, 5) is 11.3. The Morgan fingerprint density at radius 1 is 1.25 bits per heavy atom. The van der Waals surface area contributed by atoms with Crippen LogP contribution in [0.3, 0.4) is 0 Å². The van der Waals surface area contributed by atoms with E-state index < -0.39 is 5.97 Å². The minimum atomic E-state index is -0.951. The fourth-order valence-corrected chi connectivity index (χ4v) is 4.32. The second-order valence-electron chi connectivity index (χ2n) is 6.25. The van der Waals surface area contributed by atoms with Crippen molar-refractivity contribution in [3.8, 4) is 0 Å². The molecule has 3 atom stereocenters. The van der Waals surface area contributed by atoms with Gasteiger partial charge in [-0.15, -0.1) is 0 Å². The van der Waals surface area contributed by atoms with Crippen LogP contribution in [0.25, 0.3) is 0 Å². The minimum Gasteiger partial charge on any atom is -0.478 e. The number of hydrogen-bond donors (Lipinski definition) is 2. The lowest BCUT2D eigenvalue weighted by atomic mass is 9.76. The zero-order valence-electron chi connectivity index (χ0n) is 12.7. The number of fused-ring (bicyclic) bond motifs is 3. The van der Waals surface area contributed by atoms with Gasteiger partial charge in [0.25, 0.3) is 0 Å². The number of anilines is 1. The molecule has 0 saturated heterocycles. The quantitative estimate of drug-likeness (QED) is 0.638. The van der Waals surface area contributed by atoms with Gasteiger partial charge in [0.2, 0.25) is 0 Å². The molecule has 1 aliphatic carbocycles. The first kappa shape index (κ1) is 15.7. The highest BCUT2D eigenvalue weighted by Gasteiger charge is 2.39. The molecule has 0 amide bonds. The summed E-state index contributed by atoms with van der Waals surface area (Å²) in [5.41, 5.74) is 3.28. The van der Waals surface area contributed by atoms with Gasteiger partial charge in [0, 0.05) is 10.4 Å². The van der Waals surface area contributed by atoms with Crippen LogP contribution < -0.4 is 5.32 Å². The normalized spacial score (nSPS) is 24.2. The lowest BCUT2D eigenvalue weighted by Crippen LogP contribution is -2.29. The Hall–Kier alpha value is -1.78. The number of carboxylic acid groups (broad SMARTS) is 1. The van der Waals surface area contributed by atoms with Crippen LogP contribution in [0, 0.1) is 5.92 Å². The van der Waals surface area contributed by atoms with E-state index in [1.807, 2.05) is 12.1 Å². The van der Waals surface area contributed by atoms with E-state index in [0.717, 1.165) is 22.1 Å². The molecule has 0 radical (unpaired) electrons. The third-order valence-electron chi connectivity index (χ3n) is 4.90. The van der Waals surface area contributed by atoms with Crippen molar-refractivity contribution in [1.82, 2.24) is 0 Å². The Balaban J connectivity index is 1.82. The van der Waals surface area contributed by atoms with Crippen LogP contribution in [0.5, 0.6) is 0 Å². The molecule has 24 heavy (non-hydrogen) atoms. The molecule has 122 valence electrons. The number of aromatic carboxylic acids is 1. The fraction of sp³-hybridized carbons (Fsp3) is 0.211. The van der Waals surface area contributed by atoms with Crippen molar-refractivity contribution in [2.75, 3.05) is 5.32 Å². The second-order valence-corrected chi connectivity index (χ2v) is 7.58. The average Bonchev–Trinajstić information content (AvgIpc) is 3.05. The van der Waals surface area contributed by atoms with Gasteiger partial charge in [0.15, 0.2) is 0 Å². The molecule has 0 bridgehead atoms. The molecule has 0 fully saturated rings. The van der Waals surface area contributed by atoms with Gasteiger partial charge in [0.05, 0.1) is 22.3 Å². The second kappa shape index (κ2) is 5.94. The molecular formula is C19H15BrClNO2. The predicted octanol–water partition coefficient (Wildman–Crippen LogP) is 5.63. The van der Waals surface area contributed by atoms with Gasteiger partial charge in [-0.3, -0.25) is 0 Å². The van der Waals surface area contributed by atoms with Crippen LogP contribution in [0.2, 0.25) is 5.02 Å². The molecular weight excluding hydrogens is 390 g/mol. The molecule has 4 rings (SSSR count). The van der Waals surface area contributed by atoms with Gasteiger partial charge >= 0.3 is 5.97 Å². The van der Waals surface area contributed by atoms with Crippen molar-refractivity contribution in [1.29, 1.82) is 0 Å². The summed E-state index contributed by atoms with van der Waals surface area (Å²) in [5, 5.41) is 13.3. The number of hydrogen-bond acceptors (Lipinski definition) is 2. The maximum absolute atomic E-state index is 11.3. The number of carbonyl (C=O) groups is 1. The molecule has 2 aromatic carbocycles. The molecule has 5 heteroatoms. The molecule has 1 heterocycles. The zero-order valence-corrected chi connectivity index (χ0v) is 15.0. The number of nitrogens with one attached hydrogen (secondary N) is 1. The molecule has 0 spiro atoms. The monoisotopic (exact) mass is 403 g/mol. The Morgan fingerprint density at radius 2 is 2.00 bits per heavy atom. The summed E-state index contributed by atoms with van der Waals surface area (Å²) in [5.74, 6) is -0.404. The van der Waals surface area contributed by atoms with E-state index in [0.29, 0.717) is 10.9 Å². The first-order valence-corrected chi connectivity index (χ1v) is 8.97. The maximum atomic E-state index is 11.3. The summed E-state index contributed by atoms with van der Waals surface area (Å²) in [6.07, 6.45) is 5.32. The molecule has 2 N–H and O–H groups in total. The van der Waals surface area contributed by atoms with E-state index in [9.17, 15) is 9.90 Å². The van der Waals surface area contributed by atoms with Crippen molar-refractivity contribution in [2.24, 2.45) is 5.92 Å². The van der Waals surface area contributed by atoms with Crippen molar-refractivity contribution in [3.63, 3.8) is 0 Å². The zero-order chi connectivity index (χ0) is 16.8. The molecule has 2 aromatic rings. The van der Waals surface area contributed by atoms with Gasteiger partial charge in [-0.1, -0.05) is 51.8 Å². The number of carboxylic acids is 1. The van der Waals surface area contributed by atoms with E-state index in [4.69, 9.17) is 11.6 Å². The molecule has 3 nitrogen and oxygen atoms in total. The van der Waals surface area contributed by atoms with Crippen LogP contribution in [0.4, 0.5) is 5.69 Å². The summed E-state index contributed by atoms with van der Waals surface area (Å²) >= 11 is 9.88. The standard InChI is InChI=1S/C19H15BrClNO2/c20-12-6-4-10(5-7-12)17-14-3-1-2-13(14)15-8-11(19(23)24)9-16(21)18(15)22-17/h1-2,4-9,13-14,17,22H,3H2,(H,23,24). The third kappa shape index (κ3) is 2.54. The molecule has 0 aromatic heterocycles. The Morgan fingerprint density at radius 3 is 2.71 bits per heavy atom. The molecule has 1 aliphatic heterocycles. The Bertz CT molecular complexity index is 847. The summed E-state index contributed by atoms with van der Waals surface area (Å²) < 4.78 is 1.05. The van der Waals surface area contributed by atoms with Gasteiger partial charge < -0.3 is 10.4 Å². The lowest BCUT2D eigenvalue weighted by Gasteiger charge is -2.38. The average molecular weight is 405 g/mol. The van der Waals surface area contributed by atoms with Crippen LogP contribution in [0.15, 0.2) is 53.0 Å². The smallest absolute Gasteiger partial charge is 0.335 e. The van der Waals surface area contributed by atoms with E-state index in [-0.39, 0.29) is 17.5 Å². The minimum absolute atomic E-state index is 0.152. The first-order chi connectivity index (χ1) is 11.5. The number of benzene rings is 2. The van der Waals surface area contributed by atoms with Crippen molar-refractivity contribution in [3.05, 3.63) is 74.7 Å².